The lowest BCUT2D eigenvalue weighted by atomic mass is 9.95. The van der Waals surface area contributed by atoms with Crippen LogP contribution in [0.2, 0.25) is 0 Å². The molecule has 2 aliphatic rings. The molecule has 0 radical (unpaired) electrons. The molecule has 134 valence electrons. The molecule has 26 heavy (non-hydrogen) atoms. The minimum Gasteiger partial charge on any atom is -0.379 e. The number of nitrogens with zero attached hydrogens (tertiary/aromatic N) is 2. The zero-order chi connectivity index (χ0) is 18.0. The van der Waals surface area contributed by atoms with Crippen LogP contribution in [0.3, 0.4) is 0 Å². The Morgan fingerprint density at radius 2 is 1.77 bits per heavy atom. The van der Waals surface area contributed by atoms with Crippen molar-refractivity contribution in [3.63, 3.8) is 0 Å². The number of carbonyl (C=O) groups is 1. The summed E-state index contributed by atoms with van der Waals surface area (Å²) in [6.07, 6.45) is 2.95. The Bertz CT molecular complexity index is 811. The van der Waals surface area contributed by atoms with Gasteiger partial charge in [0.25, 0.3) is 5.91 Å². The molecule has 0 saturated carbocycles. The third-order valence-electron chi connectivity index (χ3n) is 5.05. The minimum absolute atomic E-state index is 0.180. The van der Waals surface area contributed by atoms with Gasteiger partial charge >= 0.3 is 0 Å². The Hall–Kier alpha value is -2.82. The number of nitrogens with one attached hydrogen (secondary N) is 1. The van der Waals surface area contributed by atoms with Gasteiger partial charge in [0.05, 0.1) is 5.71 Å². The summed E-state index contributed by atoms with van der Waals surface area (Å²) >= 11 is 0. The molecule has 2 aliphatic heterocycles. The van der Waals surface area contributed by atoms with E-state index in [0.29, 0.717) is 6.42 Å². The fourth-order valence-electron chi connectivity index (χ4n) is 3.44. The second-order valence-corrected chi connectivity index (χ2v) is 7.10. The maximum atomic E-state index is 12.7. The van der Waals surface area contributed by atoms with E-state index in [4.69, 9.17) is 4.84 Å². The monoisotopic (exact) mass is 349 g/mol. The summed E-state index contributed by atoms with van der Waals surface area (Å²) in [6, 6.07) is 17.8. The average Bonchev–Trinajstić information content (AvgIpc) is 3.34. The van der Waals surface area contributed by atoms with E-state index in [1.54, 1.807) is 6.92 Å². The van der Waals surface area contributed by atoms with Gasteiger partial charge < -0.3 is 15.1 Å². The van der Waals surface area contributed by atoms with Crippen LogP contribution in [0.5, 0.6) is 0 Å². The minimum atomic E-state index is -0.987. The molecule has 5 heteroatoms. The lowest BCUT2D eigenvalue weighted by Crippen LogP contribution is -2.40. The Balaban J connectivity index is 1.40. The van der Waals surface area contributed by atoms with Crippen LogP contribution in [0, 0.1) is 0 Å². The van der Waals surface area contributed by atoms with Crippen LogP contribution >= 0.6 is 0 Å². The van der Waals surface area contributed by atoms with Crippen molar-refractivity contribution in [2.24, 2.45) is 5.16 Å². The lowest BCUT2D eigenvalue weighted by Gasteiger charge is -2.21. The maximum Gasteiger partial charge on any atom is 0.271 e. The third kappa shape index (κ3) is 3.29. The predicted molar refractivity (Wildman–Crippen MR) is 104 cm³/mol. The molecule has 4 rings (SSSR count). The highest BCUT2D eigenvalue weighted by molar-refractivity contribution is 6.07. The molecule has 5 nitrogen and oxygen atoms in total. The topological polar surface area (TPSA) is 53.9 Å². The van der Waals surface area contributed by atoms with Crippen molar-refractivity contribution in [2.45, 2.75) is 31.8 Å². The second-order valence-electron chi connectivity index (χ2n) is 7.10. The van der Waals surface area contributed by atoms with Crippen molar-refractivity contribution in [3.8, 4) is 0 Å². The molecule has 0 spiro atoms. The molecule has 0 aromatic heterocycles. The molecule has 0 bridgehead atoms. The number of oxime groups is 1. The standard InChI is InChI=1S/C21H23N3O2/c1-21(15-19(23-26-21)16-7-3-2-4-8-16)20(25)22-17-9-11-18(12-10-17)24-13-5-6-14-24/h2-4,7-12H,5-6,13-15H2,1H3,(H,22,25)/t21-/m0/s1. The lowest BCUT2D eigenvalue weighted by molar-refractivity contribution is -0.135. The highest BCUT2D eigenvalue weighted by Gasteiger charge is 2.42. The average molecular weight is 349 g/mol. The first-order valence-electron chi connectivity index (χ1n) is 9.11. The van der Waals surface area contributed by atoms with Gasteiger partial charge in [-0.25, -0.2) is 0 Å². The number of anilines is 2. The van der Waals surface area contributed by atoms with Gasteiger partial charge in [0.2, 0.25) is 5.60 Å². The molecular weight excluding hydrogens is 326 g/mol. The number of amides is 1. The molecule has 1 atom stereocenters. The van der Waals surface area contributed by atoms with Gasteiger partial charge in [-0.3, -0.25) is 4.79 Å². The van der Waals surface area contributed by atoms with Crippen LogP contribution in [0.1, 0.15) is 31.7 Å². The summed E-state index contributed by atoms with van der Waals surface area (Å²) in [4.78, 5) is 20.6. The van der Waals surface area contributed by atoms with E-state index in [1.165, 1.54) is 18.5 Å². The van der Waals surface area contributed by atoms with Gasteiger partial charge in [0, 0.05) is 30.9 Å². The Kier molecular flexibility index (Phi) is 4.37. The van der Waals surface area contributed by atoms with E-state index < -0.39 is 5.60 Å². The molecule has 1 N–H and O–H groups in total. The molecule has 1 saturated heterocycles. The summed E-state index contributed by atoms with van der Waals surface area (Å²) in [6.45, 7) is 3.99. The molecule has 0 unspecified atom stereocenters. The van der Waals surface area contributed by atoms with Crippen molar-refractivity contribution in [3.05, 3.63) is 60.2 Å². The smallest absolute Gasteiger partial charge is 0.271 e. The first-order valence-corrected chi connectivity index (χ1v) is 9.11. The Morgan fingerprint density at radius 3 is 2.46 bits per heavy atom. The van der Waals surface area contributed by atoms with Gasteiger partial charge in [0.1, 0.15) is 0 Å². The van der Waals surface area contributed by atoms with Crippen molar-refractivity contribution in [1.29, 1.82) is 0 Å². The summed E-state index contributed by atoms with van der Waals surface area (Å²) in [5, 5.41) is 7.10. The van der Waals surface area contributed by atoms with E-state index in [0.717, 1.165) is 30.1 Å². The first-order chi connectivity index (χ1) is 12.6. The van der Waals surface area contributed by atoms with E-state index in [9.17, 15) is 4.79 Å². The first kappa shape index (κ1) is 16.6. The number of benzene rings is 2. The molecule has 1 amide bonds. The van der Waals surface area contributed by atoms with Gasteiger partial charge in [0.15, 0.2) is 0 Å². The zero-order valence-corrected chi connectivity index (χ0v) is 14.9. The van der Waals surface area contributed by atoms with Gasteiger partial charge in [-0.05, 0) is 49.6 Å². The SMILES string of the molecule is C[C@@]1(C(=O)Nc2ccc(N3CCCC3)cc2)CC(c2ccccc2)=NO1. The molecular formula is C21H23N3O2. The van der Waals surface area contributed by atoms with Crippen molar-refractivity contribution < 1.29 is 9.63 Å². The normalized spacial score (nSPS) is 22.0. The number of hydrogen-bond donors (Lipinski definition) is 1. The highest BCUT2D eigenvalue weighted by atomic mass is 16.7. The quantitative estimate of drug-likeness (QED) is 0.913. The van der Waals surface area contributed by atoms with Crippen LogP contribution in [-0.4, -0.2) is 30.3 Å². The van der Waals surface area contributed by atoms with Crippen LogP contribution in [0.4, 0.5) is 11.4 Å². The molecule has 1 fully saturated rings. The van der Waals surface area contributed by atoms with E-state index in [-0.39, 0.29) is 5.91 Å². The number of hydrogen-bond acceptors (Lipinski definition) is 4. The largest absolute Gasteiger partial charge is 0.379 e. The fourth-order valence-corrected chi connectivity index (χ4v) is 3.44. The summed E-state index contributed by atoms with van der Waals surface area (Å²) < 4.78 is 0. The Morgan fingerprint density at radius 1 is 1.08 bits per heavy atom. The maximum absolute atomic E-state index is 12.7. The fraction of sp³-hybridized carbons (Fsp3) is 0.333. The summed E-state index contributed by atoms with van der Waals surface area (Å²) in [5.74, 6) is -0.180. The highest BCUT2D eigenvalue weighted by Crippen LogP contribution is 2.29. The zero-order valence-electron chi connectivity index (χ0n) is 14.9. The second kappa shape index (κ2) is 6.83. The van der Waals surface area contributed by atoms with Crippen molar-refractivity contribution in [2.75, 3.05) is 23.3 Å². The van der Waals surface area contributed by atoms with E-state index in [2.05, 4.69) is 27.5 Å². The van der Waals surface area contributed by atoms with Crippen LogP contribution in [0.15, 0.2) is 59.8 Å². The van der Waals surface area contributed by atoms with Crippen molar-refractivity contribution >= 4 is 23.0 Å². The molecule has 2 heterocycles. The van der Waals surface area contributed by atoms with Gasteiger partial charge in [-0.15, -0.1) is 0 Å². The van der Waals surface area contributed by atoms with Crippen molar-refractivity contribution in [1.82, 2.24) is 0 Å². The van der Waals surface area contributed by atoms with Crippen LogP contribution in [-0.2, 0) is 9.63 Å². The number of carbonyl (C=O) groups excluding carboxylic acids is 1. The summed E-state index contributed by atoms with van der Waals surface area (Å²) in [7, 11) is 0. The van der Waals surface area contributed by atoms with Gasteiger partial charge in [-0.2, -0.15) is 0 Å². The molecule has 2 aromatic carbocycles. The summed E-state index contributed by atoms with van der Waals surface area (Å²) in [5.41, 5.74) is 2.78. The number of rotatable bonds is 4. The van der Waals surface area contributed by atoms with E-state index in [1.807, 2.05) is 42.5 Å². The predicted octanol–water partition coefficient (Wildman–Crippen LogP) is 3.81. The van der Waals surface area contributed by atoms with Gasteiger partial charge in [-0.1, -0.05) is 35.5 Å². The molecule has 2 aromatic rings. The molecule has 0 aliphatic carbocycles. The Labute approximate surface area is 153 Å². The third-order valence-corrected chi connectivity index (χ3v) is 5.05. The van der Waals surface area contributed by atoms with Crippen LogP contribution < -0.4 is 10.2 Å². The van der Waals surface area contributed by atoms with Crippen LogP contribution in [0.25, 0.3) is 0 Å². The van der Waals surface area contributed by atoms with E-state index >= 15 is 0 Å².